The van der Waals surface area contributed by atoms with E-state index in [-0.39, 0.29) is 18.4 Å². The van der Waals surface area contributed by atoms with Crippen molar-refractivity contribution in [1.29, 1.82) is 0 Å². The van der Waals surface area contributed by atoms with Gasteiger partial charge >= 0.3 is 0 Å². The second-order valence-corrected chi connectivity index (χ2v) is 3.72. The highest BCUT2D eigenvalue weighted by Gasteiger charge is 2.05. The van der Waals surface area contributed by atoms with E-state index in [1.165, 1.54) is 10.8 Å². The van der Waals surface area contributed by atoms with E-state index in [0.29, 0.717) is 0 Å². The normalized spacial score (nSPS) is 11.9. The van der Waals surface area contributed by atoms with Crippen LogP contribution in [0.4, 0.5) is 0 Å². The standard InChI is InChI=1S/C13H15NO.ClH/c1-9(14)12-5-3-4-10-6-7-11(15-2)8-13(10)12;/h3-9H,14H2,1-2H3;1H/t9-;/m1./s1. The van der Waals surface area contributed by atoms with E-state index < -0.39 is 0 Å². The van der Waals surface area contributed by atoms with Gasteiger partial charge in [0.2, 0.25) is 0 Å². The fourth-order valence-electron chi connectivity index (χ4n) is 1.80. The van der Waals surface area contributed by atoms with Gasteiger partial charge in [0.25, 0.3) is 0 Å². The van der Waals surface area contributed by atoms with Crippen molar-refractivity contribution in [3.05, 3.63) is 42.0 Å². The monoisotopic (exact) mass is 237 g/mol. The van der Waals surface area contributed by atoms with Crippen LogP contribution in [0, 0.1) is 0 Å². The fourth-order valence-corrected chi connectivity index (χ4v) is 1.80. The van der Waals surface area contributed by atoms with E-state index in [0.717, 1.165) is 11.3 Å². The van der Waals surface area contributed by atoms with Crippen molar-refractivity contribution >= 4 is 23.2 Å². The van der Waals surface area contributed by atoms with E-state index in [1.807, 2.05) is 25.1 Å². The molecule has 2 aromatic carbocycles. The van der Waals surface area contributed by atoms with Crippen molar-refractivity contribution in [3.8, 4) is 5.75 Å². The number of ether oxygens (including phenoxy) is 1. The van der Waals surface area contributed by atoms with Gasteiger partial charge in [0, 0.05) is 6.04 Å². The van der Waals surface area contributed by atoms with Gasteiger partial charge in [0.15, 0.2) is 0 Å². The van der Waals surface area contributed by atoms with Crippen molar-refractivity contribution in [2.75, 3.05) is 7.11 Å². The molecule has 0 radical (unpaired) electrons. The maximum atomic E-state index is 5.93. The summed E-state index contributed by atoms with van der Waals surface area (Å²) in [5.74, 6) is 0.871. The van der Waals surface area contributed by atoms with Crippen LogP contribution in [0.3, 0.4) is 0 Å². The third-order valence-corrected chi connectivity index (χ3v) is 2.61. The molecule has 0 aliphatic heterocycles. The van der Waals surface area contributed by atoms with E-state index in [2.05, 4.69) is 18.2 Å². The molecule has 0 aliphatic rings. The average Bonchev–Trinajstić information content (AvgIpc) is 2.27. The molecule has 1 atom stereocenters. The molecule has 0 amide bonds. The Balaban J connectivity index is 0.00000128. The number of nitrogens with two attached hydrogens (primary N) is 1. The molecule has 0 spiro atoms. The predicted molar refractivity (Wildman–Crippen MR) is 70.4 cm³/mol. The summed E-state index contributed by atoms with van der Waals surface area (Å²) in [6.07, 6.45) is 0. The molecule has 2 rings (SSSR count). The Bertz CT molecular complexity index is 482. The summed E-state index contributed by atoms with van der Waals surface area (Å²) in [5, 5.41) is 2.37. The molecule has 2 N–H and O–H groups in total. The molecule has 0 aliphatic carbocycles. The van der Waals surface area contributed by atoms with Crippen LogP contribution in [0.5, 0.6) is 5.75 Å². The number of benzene rings is 2. The summed E-state index contributed by atoms with van der Waals surface area (Å²) in [6.45, 7) is 1.99. The lowest BCUT2D eigenvalue weighted by atomic mass is 10.00. The van der Waals surface area contributed by atoms with Gasteiger partial charge in [0.05, 0.1) is 7.11 Å². The molecule has 16 heavy (non-hydrogen) atoms. The fraction of sp³-hybridized carbons (Fsp3) is 0.231. The number of methoxy groups -OCH3 is 1. The zero-order chi connectivity index (χ0) is 10.8. The van der Waals surface area contributed by atoms with Gasteiger partial charge in [-0.05, 0) is 35.4 Å². The molecule has 86 valence electrons. The summed E-state index contributed by atoms with van der Waals surface area (Å²) in [6, 6.07) is 12.3. The molecule has 0 fully saturated rings. The van der Waals surface area contributed by atoms with E-state index in [9.17, 15) is 0 Å². The molecular weight excluding hydrogens is 222 g/mol. The third-order valence-electron chi connectivity index (χ3n) is 2.61. The first-order chi connectivity index (χ1) is 7.22. The second kappa shape index (κ2) is 5.19. The van der Waals surface area contributed by atoms with Gasteiger partial charge in [-0.2, -0.15) is 0 Å². The smallest absolute Gasteiger partial charge is 0.119 e. The Hall–Kier alpha value is -1.25. The van der Waals surface area contributed by atoms with Gasteiger partial charge in [-0.3, -0.25) is 0 Å². The third kappa shape index (κ3) is 2.29. The van der Waals surface area contributed by atoms with Crippen molar-refractivity contribution in [1.82, 2.24) is 0 Å². The number of rotatable bonds is 2. The Kier molecular flexibility index (Phi) is 4.16. The lowest BCUT2D eigenvalue weighted by molar-refractivity contribution is 0.415. The molecule has 0 unspecified atom stereocenters. The van der Waals surface area contributed by atoms with E-state index in [4.69, 9.17) is 10.5 Å². The van der Waals surface area contributed by atoms with Gasteiger partial charge in [-0.25, -0.2) is 0 Å². The van der Waals surface area contributed by atoms with Gasteiger partial charge in [0.1, 0.15) is 5.75 Å². The molecule has 2 aromatic rings. The van der Waals surface area contributed by atoms with Gasteiger partial charge in [-0.1, -0.05) is 24.3 Å². The van der Waals surface area contributed by atoms with Crippen LogP contribution < -0.4 is 10.5 Å². The molecule has 0 heterocycles. The Morgan fingerprint density at radius 2 is 1.94 bits per heavy atom. The lowest BCUT2D eigenvalue weighted by Gasteiger charge is -2.10. The van der Waals surface area contributed by atoms with Gasteiger partial charge < -0.3 is 10.5 Å². The first-order valence-corrected chi connectivity index (χ1v) is 5.04. The number of halogens is 1. The number of fused-ring (bicyclic) bond motifs is 1. The van der Waals surface area contributed by atoms with Crippen LogP contribution in [-0.2, 0) is 0 Å². The first-order valence-electron chi connectivity index (χ1n) is 5.04. The molecular formula is C13H16ClNO. The van der Waals surface area contributed by atoms with Gasteiger partial charge in [-0.15, -0.1) is 12.4 Å². The van der Waals surface area contributed by atoms with Crippen molar-refractivity contribution in [3.63, 3.8) is 0 Å². The predicted octanol–water partition coefficient (Wildman–Crippen LogP) is 3.29. The minimum absolute atomic E-state index is 0. The SMILES string of the molecule is COc1ccc2cccc([C@@H](C)N)c2c1.Cl. The second-order valence-electron chi connectivity index (χ2n) is 3.72. The summed E-state index contributed by atoms with van der Waals surface area (Å²) in [5.41, 5.74) is 7.09. The minimum atomic E-state index is 0. The summed E-state index contributed by atoms with van der Waals surface area (Å²) >= 11 is 0. The molecule has 3 heteroatoms. The van der Waals surface area contributed by atoms with Crippen molar-refractivity contribution in [2.45, 2.75) is 13.0 Å². The molecule has 0 aromatic heterocycles. The summed E-state index contributed by atoms with van der Waals surface area (Å²) < 4.78 is 5.22. The highest BCUT2D eigenvalue weighted by atomic mass is 35.5. The number of hydrogen-bond donors (Lipinski definition) is 1. The van der Waals surface area contributed by atoms with Crippen LogP contribution in [-0.4, -0.2) is 7.11 Å². The summed E-state index contributed by atoms with van der Waals surface area (Å²) in [7, 11) is 1.68. The topological polar surface area (TPSA) is 35.2 Å². The highest BCUT2D eigenvalue weighted by molar-refractivity contribution is 5.87. The molecule has 0 bridgehead atoms. The summed E-state index contributed by atoms with van der Waals surface area (Å²) in [4.78, 5) is 0. The zero-order valence-electron chi connectivity index (χ0n) is 9.44. The maximum absolute atomic E-state index is 5.93. The quantitative estimate of drug-likeness (QED) is 0.870. The Morgan fingerprint density at radius 3 is 2.56 bits per heavy atom. The molecule has 0 saturated heterocycles. The minimum Gasteiger partial charge on any atom is -0.497 e. The zero-order valence-corrected chi connectivity index (χ0v) is 10.3. The average molecular weight is 238 g/mol. The number of hydrogen-bond acceptors (Lipinski definition) is 2. The lowest BCUT2D eigenvalue weighted by Crippen LogP contribution is -2.05. The molecule has 0 saturated carbocycles. The van der Waals surface area contributed by atoms with E-state index in [1.54, 1.807) is 7.11 Å². The Labute approximate surface area is 102 Å². The Morgan fingerprint density at radius 1 is 1.19 bits per heavy atom. The van der Waals surface area contributed by atoms with Crippen LogP contribution in [0.15, 0.2) is 36.4 Å². The van der Waals surface area contributed by atoms with Crippen molar-refractivity contribution in [2.24, 2.45) is 5.73 Å². The first kappa shape index (κ1) is 12.8. The molecule has 2 nitrogen and oxygen atoms in total. The maximum Gasteiger partial charge on any atom is 0.119 e. The largest absolute Gasteiger partial charge is 0.497 e. The van der Waals surface area contributed by atoms with Crippen LogP contribution >= 0.6 is 12.4 Å². The van der Waals surface area contributed by atoms with E-state index >= 15 is 0 Å². The van der Waals surface area contributed by atoms with Crippen LogP contribution in [0.25, 0.3) is 10.8 Å². The van der Waals surface area contributed by atoms with Crippen LogP contribution in [0.1, 0.15) is 18.5 Å². The highest BCUT2D eigenvalue weighted by Crippen LogP contribution is 2.26. The van der Waals surface area contributed by atoms with Crippen LogP contribution in [0.2, 0.25) is 0 Å². The van der Waals surface area contributed by atoms with Crippen molar-refractivity contribution < 1.29 is 4.74 Å².